The van der Waals surface area contributed by atoms with Crippen LogP contribution in [0.3, 0.4) is 0 Å². The molecular formula is C23H28F3N7O3S3. The van der Waals surface area contributed by atoms with Crippen LogP contribution in [-0.4, -0.2) is 62.2 Å². The molecule has 2 aromatic heterocycles. The van der Waals surface area contributed by atoms with Crippen LogP contribution in [0, 0.1) is 5.92 Å². The molecule has 0 saturated carbocycles. The van der Waals surface area contributed by atoms with Crippen LogP contribution in [0.1, 0.15) is 29.4 Å². The van der Waals surface area contributed by atoms with Crippen molar-refractivity contribution in [2.24, 2.45) is 11.7 Å². The van der Waals surface area contributed by atoms with E-state index >= 15 is 0 Å². The van der Waals surface area contributed by atoms with Crippen LogP contribution in [0.25, 0.3) is 0 Å². The number of hydrogen-bond donors (Lipinski definition) is 3. The normalized spacial score (nSPS) is 11.9. The minimum absolute atomic E-state index is 0.0588. The summed E-state index contributed by atoms with van der Waals surface area (Å²) in [6.07, 6.45) is -3.84. The van der Waals surface area contributed by atoms with Gasteiger partial charge in [0.15, 0.2) is 0 Å². The highest BCUT2D eigenvalue weighted by Crippen LogP contribution is 2.20. The van der Waals surface area contributed by atoms with E-state index in [0.29, 0.717) is 16.7 Å². The van der Waals surface area contributed by atoms with Crippen molar-refractivity contribution in [3.63, 3.8) is 0 Å². The number of thioether (sulfide) groups is 1. The Labute approximate surface area is 235 Å². The molecule has 0 radical (unpaired) electrons. The third-order valence-corrected chi connectivity index (χ3v) is 7.48. The molecule has 16 heteroatoms. The number of nitrogens with two attached hydrogens (primary N) is 1. The maximum absolute atomic E-state index is 12.1. The standard InChI is InChI=1S/C21H27N7O2S3.C2HF3O/c1-13(2)18(22)19(30)24-21-28-26-17(33-21)9-11-31-10-8-16-25-27-20(32-16)23-15(29)12-14-6-4-3-5-7-14;3-2(4,5)1-6/h3-7,13,18H,8-12,22H2,1-2H3,(H,23,27,29)(H,24,28,30);1H/t18-;/m0./s1. The maximum atomic E-state index is 12.1. The fraction of sp³-hybridized carbons (Fsp3) is 0.435. The number of nitrogens with zero attached hydrogens (tertiary/aromatic N) is 4. The van der Waals surface area contributed by atoms with E-state index in [9.17, 15) is 22.8 Å². The van der Waals surface area contributed by atoms with Gasteiger partial charge in [-0.3, -0.25) is 19.7 Å². The zero-order valence-corrected chi connectivity index (χ0v) is 23.6. The Kier molecular flexibility index (Phi) is 13.4. The fourth-order valence-corrected chi connectivity index (χ4v) is 5.30. The molecule has 1 atom stereocenters. The summed E-state index contributed by atoms with van der Waals surface area (Å²) in [4.78, 5) is 32.8. The van der Waals surface area contributed by atoms with E-state index < -0.39 is 18.5 Å². The van der Waals surface area contributed by atoms with Crippen LogP contribution < -0.4 is 16.4 Å². The van der Waals surface area contributed by atoms with Crippen LogP contribution in [0.4, 0.5) is 23.4 Å². The molecule has 0 spiro atoms. The van der Waals surface area contributed by atoms with Gasteiger partial charge in [-0.25, -0.2) is 0 Å². The molecule has 2 amide bonds. The quantitative estimate of drug-likeness (QED) is 0.207. The molecule has 0 aliphatic rings. The van der Waals surface area contributed by atoms with Gasteiger partial charge in [-0.1, -0.05) is 66.9 Å². The van der Waals surface area contributed by atoms with Gasteiger partial charge in [0.1, 0.15) is 10.0 Å². The highest BCUT2D eigenvalue weighted by Gasteiger charge is 2.25. The number of anilines is 2. The molecule has 0 bridgehead atoms. The lowest BCUT2D eigenvalue weighted by atomic mass is 10.1. The first-order valence-corrected chi connectivity index (χ1v) is 14.4. The van der Waals surface area contributed by atoms with Crippen molar-refractivity contribution >= 4 is 62.8 Å². The minimum atomic E-state index is -4.64. The van der Waals surface area contributed by atoms with Crippen molar-refractivity contribution < 1.29 is 27.6 Å². The van der Waals surface area contributed by atoms with Crippen molar-refractivity contribution in [1.82, 2.24) is 20.4 Å². The summed E-state index contributed by atoms with van der Waals surface area (Å²) < 4.78 is 31.2. The molecule has 212 valence electrons. The number of carbonyl (C=O) groups excluding carboxylic acids is 3. The molecule has 0 aliphatic carbocycles. The van der Waals surface area contributed by atoms with Crippen LogP contribution >= 0.6 is 34.4 Å². The lowest BCUT2D eigenvalue weighted by Gasteiger charge is -2.13. The van der Waals surface area contributed by atoms with E-state index in [0.717, 1.165) is 39.9 Å². The van der Waals surface area contributed by atoms with Crippen LogP contribution in [0.2, 0.25) is 0 Å². The summed E-state index contributed by atoms with van der Waals surface area (Å²) >= 11 is 4.55. The largest absolute Gasteiger partial charge is 0.446 e. The second kappa shape index (κ2) is 16.2. The molecule has 2 heterocycles. The SMILES string of the molecule is CC(C)[C@H](N)C(=O)Nc1nnc(CCSCCc2nnc(NC(=O)Cc3ccccc3)s2)s1.O=CC(F)(F)F. The molecule has 39 heavy (non-hydrogen) atoms. The van der Waals surface area contributed by atoms with E-state index in [-0.39, 0.29) is 17.7 Å². The molecule has 0 fully saturated rings. The first-order valence-electron chi connectivity index (χ1n) is 11.6. The lowest BCUT2D eigenvalue weighted by molar-refractivity contribution is -0.156. The third kappa shape index (κ3) is 13.1. The van der Waals surface area contributed by atoms with Gasteiger partial charge in [-0.2, -0.15) is 24.9 Å². The monoisotopic (exact) mass is 603 g/mol. The van der Waals surface area contributed by atoms with Gasteiger partial charge >= 0.3 is 6.18 Å². The average molecular weight is 604 g/mol. The second-order valence-corrected chi connectivity index (χ2v) is 11.6. The minimum Gasteiger partial charge on any atom is -0.320 e. The summed E-state index contributed by atoms with van der Waals surface area (Å²) in [7, 11) is 0. The Morgan fingerprint density at radius 1 is 0.974 bits per heavy atom. The van der Waals surface area contributed by atoms with Gasteiger partial charge in [0.25, 0.3) is 0 Å². The van der Waals surface area contributed by atoms with E-state index in [1.165, 1.54) is 22.7 Å². The number of amides is 2. The topological polar surface area (TPSA) is 153 Å². The number of hydrogen-bond acceptors (Lipinski definition) is 11. The third-order valence-electron chi connectivity index (χ3n) is 4.69. The van der Waals surface area contributed by atoms with Gasteiger partial charge < -0.3 is 11.1 Å². The Hall–Kier alpha value is -2.95. The number of benzene rings is 1. The van der Waals surface area contributed by atoms with Gasteiger partial charge in [-0.15, -0.1) is 20.4 Å². The number of aryl methyl sites for hydroxylation is 2. The van der Waals surface area contributed by atoms with Crippen molar-refractivity contribution in [2.75, 3.05) is 22.1 Å². The van der Waals surface area contributed by atoms with Gasteiger partial charge in [0.05, 0.1) is 12.5 Å². The van der Waals surface area contributed by atoms with Gasteiger partial charge in [0.2, 0.25) is 28.4 Å². The molecule has 4 N–H and O–H groups in total. The maximum Gasteiger partial charge on any atom is 0.446 e. The number of alkyl halides is 3. The number of rotatable bonds is 12. The van der Waals surface area contributed by atoms with E-state index in [2.05, 4.69) is 31.0 Å². The molecule has 0 unspecified atom stereocenters. The first kappa shape index (κ1) is 32.3. The molecular weight excluding hydrogens is 575 g/mol. The Balaban J connectivity index is 0.000000798. The lowest BCUT2D eigenvalue weighted by Crippen LogP contribution is -2.39. The molecule has 3 aromatic rings. The zero-order valence-electron chi connectivity index (χ0n) is 21.1. The second-order valence-electron chi connectivity index (χ2n) is 8.24. The Bertz CT molecular complexity index is 1190. The molecule has 0 saturated heterocycles. The van der Waals surface area contributed by atoms with E-state index in [1.54, 1.807) is 11.8 Å². The smallest absolute Gasteiger partial charge is 0.320 e. The molecule has 10 nitrogen and oxygen atoms in total. The summed E-state index contributed by atoms with van der Waals surface area (Å²) in [6, 6.07) is 9.02. The predicted molar refractivity (Wildman–Crippen MR) is 147 cm³/mol. The Morgan fingerprint density at radius 3 is 1.97 bits per heavy atom. The highest BCUT2D eigenvalue weighted by atomic mass is 32.2. The summed E-state index contributed by atoms with van der Waals surface area (Å²) in [5.74, 6) is 1.49. The number of aldehydes is 1. The van der Waals surface area contributed by atoms with Crippen molar-refractivity contribution in [3.05, 3.63) is 45.9 Å². The first-order chi connectivity index (χ1) is 18.5. The average Bonchev–Trinajstić information content (AvgIpc) is 3.52. The molecule has 1 aromatic carbocycles. The van der Waals surface area contributed by atoms with E-state index in [4.69, 9.17) is 10.5 Å². The van der Waals surface area contributed by atoms with Crippen LogP contribution in [0.5, 0.6) is 0 Å². The number of halogens is 3. The molecule has 3 rings (SSSR count). The summed E-state index contributed by atoms with van der Waals surface area (Å²) in [6.45, 7) is 3.80. The summed E-state index contributed by atoms with van der Waals surface area (Å²) in [5, 5.41) is 24.7. The van der Waals surface area contributed by atoms with Crippen molar-refractivity contribution in [3.8, 4) is 0 Å². The predicted octanol–water partition coefficient (Wildman–Crippen LogP) is 3.76. The number of nitrogens with one attached hydrogen (secondary N) is 2. The van der Waals surface area contributed by atoms with Gasteiger partial charge in [-0.05, 0) is 23.0 Å². The van der Waals surface area contributed by atoms with Crippen LogP contribution in [0.15, 0.2) is 30.3 Å². The number of aromatic nitrogens is 4. The zero-order chi connectivity index (χ0) is 28.8. The highest BCUT2D eigenvalue weighted by molar-refractivity contribution is 7.99. The number of carbonyl (C=O) groups is 3. The van der Waals surface area contributed by atoms with E-state index in [1.807, 2.05) is 44.2 Å². The van der Waals surface area contributed by atoms with Crippen LogP contribution in [-0.2, 0) is 33.6 Å². The fourth-order valence-electron chi connectivity index (χ4n) is 2.67. The Morgan fingerprint density at radius 2 is 1.49 bits per heavy atom. The van der Waals surface area contributed by atoms with Gasteiger partial charge in [0, 0.05) is 12.8 Å². The van der Waals surface area contributed by atoms with Crippen molar-refractivity contribution in [1.29, 1.82) is 0 Å². The summed E-state index contributed by atoms with van der Waals surface area (Å²) in [5.41, 5.74) is 6.80. The molecule has 0 aliphatic heterocycles. The van der Waals surface area contributed by atoms with Crippen molar-refractivity contribution in [2.45, 2.75) is 45.3 Å².